The number of carbonyl (C=O) groups excluding carboxylic acids is 1. The van der Waals surface area contributed by atoms with Crippen molar-refractivity contribution in [2.24, 2.45) is 0 Å². The lowest BCUT2D eigenvalue weighted by molar-refractivity contribution is 0.0679. The Kier molecular flexibility index (Phi) is 4.26. The van der Waals surface area contributed by atoms with E-state index in [0.717, 1.165) is 17.1 Å². The van der Waals surface area contributed by atoms with E-state index in [1.165, 1.54) is 0 Å². The number of hydrogen-bond donors (Lipinski definition) is 1. The molecule has 3 heterocycles. The Balaban J connectivity index is 1.62. The molecule has 8 nitrogen and oxygen atoms in total. The van der Waals surface area contributed by atoms with Crippen molar-refractivity contribution in [1.82, 2.24) is 29.9 Å². The van der Waals surface area contributed by atoms with Gasteiger partial charge in [0.1, 0.15) is 5.82 Å². The number of benzene rings is 1. The minimum atomic E-state index is -0.175. The molecule has 0 spiro atoms. The van der Waals surface area contributed by atoms with E-state index in [0.29, 0.717) is 18.7 Å². The fourth-order valence-electron chi connectivity index (χ4n) is 3.36. The van der Waals surface area contributed by atoms with Crippen LogP contribution >= 0.6 is 0 Å². The Labute approximate surface area is 150 Å². The lowest BCUT2D eigenvalue weighted by Crippen LogP contribution is -2.32. The van der Waals surface area contributed by atoms with Crippen LogP contribution in [0.5, 0.6) is 0 Å². The van der Waals surface area contributed by atoms with Gasteiger partial charge in [-0.3, -0.25) is 4.79 Å². The van der Waals surface area contributed by atoms with Crippen LogP contribution in [0.25, 0.3) is 5.69 Å². The van der Waals surface area contributed by atoms with Gasteiger partial charge in [-0.15, -0.1) is 5.10 Å². The maximum Gasteiger partial charge on any atom is 0.276 e. The quantitative estimate of drug-likeness (QED) is 0.775. The molecule has 2 atom stereocenters. The molecule has 1 N–H and O–H groups in total. The van der Waals surface area contributed by atoms with Gasteiger partial charge in [0.2, 0.25) is 0 Å². The van der Waals surface area contributed by atoms with Gasteiger partial charge in [-0.2, -0.15) is 0 Å². The highest BCUT2D eigenvalue weighted by atomic mass is 16.5. The molecule has 1 fully saturated rings. The van der Waals surface area contributed by atoms with Crippen LogP contribution in [-0.4, -0.2) is 55.5 Å². The molecule has 1 aliphatic heterocycles. The topological polar surface area (TPSA) is 88.9 Å². The first-order valence-electron chi connectivity index (χ1n) is 8.48. The summed E-state index contributed by atoms with van der Waals surface area (Å²) in [6, 6.07) is 7.68. The second-order valence-corrected chi connectivity index (χ2v) is 6.38. The molecular weight excluding hydrogens is 332 g/mol. The van der Waals surface area contributed by atoms with Crippen LogP contribution in [0.15, 0.2) is 42.9 Å². The number of aryl methyl sites for hydroxylation is 1. The third-order valence-electron chi connectivity index (χ3n) is 4.77. The van der Waals surface area contributed by atoms with E-state index in [2.05, 4.69) is 20.3 Å². The minimum absolute atomic E-state index is 0.0273. The van der Waals surface area contributed by atoms with E-state index in [9.17, 15) is 4.79 Å². The van der Waals surface area contributed by atoms with E-state index in [1.54, 1.807) is 35.3 Å². The molecule has 1 aliphatic rings. The fourth-order valence-corrected chi connectivity index (χ4v) is 3.36. The Morgan fingerprint density at radius 2 is 2.19 bits per heavy atom. The number of rotatable bonds is 4. The fraction of sp³-hybridized carbons (Fsp3) is 0.333. The summed E-state index contributed by atoms with van der Waals surface area (Å²) >= 11 is 0. The third kappa shape index (κ3) is 2.88. The summed E-state index contributed by atoms with van der Waals surface area (Å²) in [6.45, 7) is 2.49. The number of H-pyrrole nitrogens is 1. The highest BCUT2D eigenvalue weighted by Gasteiger charge is 2.39. The van der Waals surface area contributed by atoms with Crippen molar-refractivity contribution >= 4 is 5.91 Å². The van der Waals surface area contributed by atoms with E-state index >= 15 is 0 Å². The number of aromatic amines is 1. The molecule has 26 heavy (non-hydrogen) atoms. The SMILES string of the molecule is CO[C@@H]1C[C@@H](c2ncc[nH]2)N(C(=O)c2cn(-c3ccccc3C)nn2)C1. The van der Waals surface area contributed by atoms with Crippen molar-refractivity contribution in [1.29, 1.82) is 0 Å². The maximum atomic E-state index is 13.1. The lowest BCUT2D eigenvalue weighted by Gasteiger charge is -2.21. The van der Waals surface area contributed by atoms with E-state index in [-0.39, 0.29) is 18.1 Å². The molecule has 1 saturated heterocycles. The van der Waals surface area contributed by atoms with Gasteiger partial charge in [0.25, 0.3) is 5.91 Å². The van der Waals surface area contributed by atoms with Crippen molar-refractivity contribution in [2.75, 3.05) is 13.7 Å². The first kappa shape index (κ1) is 16.5. The number of amides is 1. The van der Waals surface area contributed by atoms with Gasteiger partial charge in [-0.05, 0) is 18.6 Å². The number of imidazole rings is 1. The average Bonchev–Trinajstić information content (AvgIpc) is 3.40. The highest BCUT2D eigenvalue weighted by Crippen LogP contribution is 2.32. The number of nitrogens with one attached hydrogen (secondary N) is 1. The molecular formula is C18H20N6O2. The van der Waals surface area contributed by atoms with Gasteiger partial charge in [0, 0.05) is 32.5 Å². The molecule has 0 bridgehead atoms. The number of nitrogens with zero attached hydrogens (tertiary/aromatic N) is 5. The number of likely N-dealkylation sites (tertiary alicyclic amines) is 1. The Morgan fingerprint density at radius 3 is 2.92 bits per heavy atom. The normalized spacial score (nSPS) is 19.8. The smallest absolute Gasteiger partial charge is 0.276 e. The van der Waals surface area contributed by atoms with Gasteiger partial charge < -0.3 is 14.6 Å². The number of carbonyl (C=O) groups is 1. The Bertz CT molecular complexity index is 904. The zero-order valence-electron chi connectivity index (χ0n) is 14.7. The number of aromatic nitrogens is 5. The molecule has 1 amide bonds. The molecule has 4 rings (SSSR count). The Hall–Kier alpha value is -3.00. The van der Waals surface area contributed by atoms with Crippen molar-refractivity contribution in [2.45, 2.75) is 25.5 Å². The first-order chi connectivity index (χ1) is 12.7. The zero-order valence-corrected chi connectivity index (χ0v) is 14.7. The number of para-hydroxylation sites is 1. The largest absolute Gasteiger partial charge is 0.380 e. The van der Waals surface area contributed by atoms with Crippen LogP contribution in [0.2, 0.25) is 0 Å². The standard InChI is InChI=1S/C18H20N6O2/c1-12-5-3-4-6-15(12)24-11-14(21-22-24)18(25)23-10-13(26-2)9-16(23)17-19-7-8-20-17/h3-8,11,13,16H,9-10H2,1-2H3,(H,19,20)/t13-,16+/m1/s1. The van der Waals surface area contributed by atoms with E-state index in [4.69, 9.17) is 4.74 Å². The van der Waals surface area contributed by atoms with Crippen molar-refractivity contribution in [3.8, 4) is 5.69 Å². The van der Waals surface area contributed by atoms with Gasteiger partial charge in [-0.1, -0.05) is 23.4 Å². The van der Waals surface area contributed by atoms with Gasteiger partial charge in [-0.25, -0.2) is 9.67 Å². The highest BCUT2D eigenvalue weighted by molar-refractivity contribution is 5.92. The minimum Gasteiger partial charge on any atom is -0.380 e. The predicted octanol–water partition coefficient (Wildman–Crippen LogP) is 1.90. The van der Waals surface area contributed by atoms with Crippen LogP contribution in [-0.2, 0) is 4.74 Å². The molecule has 0 aliphatic carbocycles. The van der Waals surface area contributed by atoms with Gasteiger partial charge in [0.05, 0.1) is 24.0 Å². The molecule has 0 unspecified atom stereocenters. The summed E-state index contributed by atoms with van der Waals surface area (Å²) in [5.41, 5.74) is 2.27. The molecule has 0 radical (unpaired) electrons. The van der Waals surface area contributed by atoms with Crippen LogP contribution in [0.4, 0.5) is 0 Å². The molecule has 8 heteroatoms. The molecule has 134 valence electrons. The molecule has 0 saturated carbocycles. The first-order valence-corrected chi connectivity index (χ1v) is 8.48. The predicted molar refractivity (Wildman–Crippen MR) is 93.9 cm³/mol. The van der Waals surface area contributed by atoms with Crippen LogP contribution in [0.3, 0.4) is 0 Å². The summed E-state index contributed by atoms with van der Waals surface area (Å²) in [5.74, 6) is 0.579. The molecule has 3 aromatic rings. The number of methoxy groups -OCH3 is 1. The Morgan fingerprint density at radius 1 is 1.35 bits per heavy atom. The van der Waals surface area contributed by atoms with Crippen molar-refractivity contribution in [3.05, 3.63) is 59.9 Å². The number of hydrogen-bond acceptors (Lipinski definition) is 5. The van der Waals surface area contributed by atoms with Crippen LogP contribution in [0.1, 0.15) is 34.3 Å². The van der Waals surface area contributed by atoms with E-state index < -0.39 is 0 Å². The lowest BCUT2D eigenvalue weighted by atomic mass is 10.2. The second kappa shape index (κ2) is 6.72. The second-order valence-electron chi connectivity index (χ2n) is 6.38. The maximum absolute atomic E-state index is 13.1. The van der Waals surface area contributed by atoms with Crippen molar-refractivity contribution in [3.63, 3.8) is 0 Å². The van der Waals surface area contributed by atoms with Crippen LogP contribution in [0, 0.1) is 6.92 Å². The summed E-state index contributed by atoms with van der Waals surface area (Å²) in [5, 5.41) is 8.23. The van der Waals surface area contributed by atoms with Gasteiger partial charge >= 0.3 is 0 Å². The number of ether oxygens (including phenoxy) is 1. The zero-order chi connectivity index (χ0) is 18.1. The third-order valence-corrected chi connectivity index (χ3v) is 4.77. The summed E-state index contributed by atoms with van der Waals surface area (Å²) < 4.78 is 7.10. The summed E-state index contributed by atoms with van der Waals surface area (Å²) in [4.78, 5) is 22.2. The monoisotopic (exact) mass is 352 g/mol. The van der Waals surface area contributed by atoms with E-state index in [1.807, 2.05) is 31.2 Å². The average molecular weight is 352 g/mol. The van der Waals surface area contributed by atoms with Crippen LogP contribution < -0.4 is 0 Å². The van der Waals surface area contributed by atoms with Crippen molar-refractivity contribution < 1.29 is 9.53 Å². The van der Waals surface area contributed by atoms with Gasteiger partial charge in [0.15, 0.2) is 5.69 Å². The summed E-state index contributed by atoms with van der Waals surface area (Å²) in [6.07, 6.45) is 5.78. The summed E-state index contributed by atoms with van der Waals surface area (Å²) in [7, 11) is 1.66. The molecule has 1 aromatic carbocycles. The molecule has 2 aromatic heterocycles.